The summed E-state index contributed by atoms with van der Waals surface area (Å²) in [4.78, 5) is 41.5. The van der Waals surface area contributed by atoms with Crippen molar-refractivity contribution in [1.29, 1.82) is 0 Å². The third kappa shape index (κ3) is 3.59. The summed E-state index contributed by atoms with van der Waals surface area (Å²) in [6, 6.07) is 6.78. The van der Waals surface area contributed by atoms with Gasteiger partial charge in [-0.3, -0.25) is 19.3 Å². The normalized spacial score (nSPS) is 33.9. The Kier molecular flexibility index (Phi) is 6.15. The highest BCUT2D eigenvalue weighted by Crippen LogP contribution is 2.60. The molecule has 1 heterocycles. The van der Waals surface area contributed by atoms with E-state index in [0.29, 0.717) is 17.9 Å². The Morgan fingerprint density at radius 1 is 1.21 bits per heavy atom. The molecule has 1 aliphatic heterocycles. The van der Waals surface area contributed by atoms with Crippen molar-refractivity contribution in [3.8, 4) is 0 Å². The molecule has 5 nitrogen and oxygen atoms in total. The van der Waals surface area contributed by atoms with Crippen molar-refractivity contribution in [2.45, 2.75) is 35.5 Å². The molecule has 0 aromatic heterocycles. The Labute approximate surface area is 192 Å². The van der Waals surface area contributed by atoms with Crippen LogP contribution in [0.5, 0.6) is 0 Å². The monoisotopic (exact) mass is 542 g/mol. The summed E-state index contributed by atoms with van der Waals surface area (Å²) in [5.41, 5.74) is 1.72. The predicted octanol–water partition coefficient (Wildman–Crippen LogP) is 3.83. The van der Waals surface area contributed by atoms with Crippen LogP contribution in [0.25, 0.3) is 0 Å². The molecule has 156 valence electrons. The van der Waals surface area contributed by atoms with Gasteiger partial charge in [-0.15, -0.1) is 0 Å². The van der Waals surface area contributed by atoms with Crippen LogP contribution in [0.2, 0.25) is 0 Å². The quantitative estimate of drug-likeness (QED) is 0.437. The van der Waals surface area contributed by atoms with Crippen LogP contribution < -0.4 is 5.32 Å². The van der Waals surface area contributed by atoms with Crippen LogP contribution >= 0.6 is 43.6 Å². The van der Waals surface area contributed by atoms with Gasteiger partial charge in [0.25, 0.3) is 0 Å². The molecule has 3 amide bonds. The van der Waals surface area contributed by atoms with Crippen LogP contribution in [-0.2, 0) is 14.4 Å². The van der Waals surface area contributed by atoms with Gasteiger partial charge in [-0.25, -0.2) is 0 Å². The summed E-state index contributed by atoms with van der Waals surface area (Å²) in [5.74, 6) is -0.210. The minimum absolute atomic E-state index is 0.150. The third-order valence-corrected chi connectivity index (χ3v) is 10.4. The van der Waals surface area contributed by atoms with E-state index in [-0.39, 0.29) is 51.0 Å². The van der Waals surface area contributed by atoms with Crippen LogP contribution in [0, 0.1) is 30.6 Å². The zero-order valence-corrected chi connectivity index (χ0v) is 20.3. The average molecular weight is 544 g/mol. The number of alkyl halides is 2. The lowest BCUT2D eigenvalue weighted by molar-refractivity contribution is -0.147. The number of fused-ring (bicyclic) bond motifs is 5. The van der Waals surface area contributed by atoms with Gasteiger partial charge in [-0.2, -0.15) is 11.8 Å². The van der Waals surface area contributed by atoms with Gasteiger partial charge >= 0.3 is 0 Å². The molecule has 1 saturated heterocycles. The van der Waals surface area contributed by atoms with Crippen molar-refractivity contribution in [1.82, 2.24) is 4.90 Å². The van der Waals surface area contributed by atoms with Crippen molar-refractivity contribution in [3.63, 3.8) is 0 Å². The lowest BCUT2D eigenvalue weighted by Gasteiger charge is -2.28. The van der Waals surface area contributed by atoms with E-state index in [9.17, 15) is 14.4 Å². The van der Waals surface area contributed by atoms with Crippen molar-refractivity contribution in [2.75, 3.05) is 17.3 Å². The highest BCUT2D eigenvalue weighted by molar-refractivity contribution is 9.12. The van der Waals surface area contributed by atoms with E-state index in [0.717, 1.165) is 12.0 Å². The summed E-state index contributed by atoms with van der Waals surface area (Å²) in [6.07, 6.45) is 3.31. The maximum atomic E-state index is 13.3. The molecule has 0 unspecified atom stereocenters. The second kappa shape index (κ2) is 8.35. The summed E-state index contributed by atoms with van der Waals surface area (Å²) >= 11 is 9.03. The molecule has 2 aliphatic carbocycles. The zero-order valence-electron chi connectivity index (χ0n) is 16.3. The predicted molar refractivity (Wildman–Crippen MR) is 122 cm³/mol. The van der Waals surface area contributed by atoms with Gasteiger partial charge < -0.3 is 5.32 Å². The van der Waals surface area contributed by atoms with Crippen molar-refractivity contribution in [3.05, 3.63) is 29.8 Å². The Balaban J connectivity index is 1.59. The number of halogens is 2. The second-order valence-corrected chi connectivity index (χ2v) is 11.3. The number of carbonyl (C=O) groups excluding carboxylic acids is 3. The molecule has 2 bridgehead atoms. The molecule has 3 fully saturated rings. The summed E-state index contributed by atoms with van der Waals surface area (Å²) in [5, 5.41) is 2.92. The number of nitrogens with one attached hydrogen (secondary N) is 1. The number of nitrogens with zero attached hydrogens (tertiary/aromatic N) is 1. The fourth-order valence-electron chi connectivity index (χ4n) is 5.23. The number of imide groups is 1. The fourth-order valence-corrected chi connectivity index (χ4v) is 7.57. The molecule has 0 spiro atoms. The first-order valence-electron chi connectivity index (χ1n) is 9.86. The Morgan fingerprint density at radius 3 is 2.38 bits per heavy atom. The van der Waals surface area contributed by atoms with Crippen molar-refractivity contribution >= 4 is 67.0 Å². The summed E-state index contributed by atoms with van der Waals surface area (Å²) in [7, 11) is 0. The molecule has 1 aromatic rings. The number of anilines is 1. The van der Waals surface area contributed by atoms with E-state index >= 15 is 0 Å². The number of hydrogen-bond acceptors (Lipinski definition) is 4. The number of benzene rings is 1. The van der Waals surface area contributed by atoms with E-state index in [2.05, 4.69) is 37.2 Å². The Hall–Kier alpha value is -0.860. The molecule has 0 radical (unpaired) electrons. The topological polar surface area (TPSA) is 66.5 Å². The zero-order chi connectivity index (χ0) is 20.9. The van der Waals surface area contributed by atoms with Gasteiger partial charge in [-0.05, 0) is 61.3 Å². The summed E-state index contributed by atoms with van der Waals surface area (Å²) in [6.45, 7) is 1.96. The van der Waals surface area contributed by atoms with Gasteiger partial charge in [-0.1, -0.05) is 44.0 Å². The van der Waals surface area contributed by atoms with E-state index in [1.807, 2.05) is 37.4 Å². The Bertz CT molecular complexity index is 819. The van der Waals surface area contributed by atoms with Gasteiger partial charge in [0, 0.05) is 15.3 Å². The van der Waals surface area contributed by atoms with E-state index < -0.39 is 6.04 Å². The van der Waals surface area contributed by atoms with Crippen molar-refractivity contribution in [2.24, 2.45) is 23.7 Å². The first-order valence-corrected chi connectivity index (χ1v) is 13.1. The van der Waals surface area contributed by atoms with E-state index in [1.165, 1.54) is 4.90 Å². The average Bonchev–Trinajstić information content (AvgIpc) is 3.28. The minimum Gasteiger partial charge on any atom is -0.324 e. The number of amides is 3. The molecular formula is C21H24Br2N2O3S. The maximum absolute atomic E-state index is 13.3. The first kappa shape index (κ1) is 21.4. The first-order chi connectivity index (χ1) is 13.8. The SMILES string of the molecule is CSCC[C@H](C(=O)Nc1cccc(C)c1)N1C(=O)[C@@H]2[C@@H]3C[C@H]([C@H](Br)[C@@H]3Br)[C@@H]2C1=O. The van der Waals surface area contributed by atoms with Gasteiger partial charge in [0.1, 0.15) is 6.04 Å². The standard InChI is InChI=1S/C21H24Br2N2O3S/c1-10-4-3-5-11(8-10)24-19(26)14(6-7-29-2)25-20(27)15-12-9-13(16(15)21(25)28)18(23)17(12)22/h3-5,8,12-18H,6-7,9H2,1-2H3,(H,24,26)/t12-,13-,14+,15-,16+,17-,18+/m0/s1. The summed E-state index contributed by atoms with van der Waals surface area (Å²) < 4.78 is 0. The second-order valence-electron chi connectivity index (χ2n) is 8.21. The smallest absolute Gasteiger partial charge is 0.247 e. The number of thioether (sulfide) groups is 1. The number of rotatable bonds is 6. The van der Waals surface area contributed by atoms with Gasteiger partial charge in [0.2, 0.25) is 17.7 Å². The van der Waals surface area contributed by atoms with Crippen molar-refractivity contribution < 1.29 is 14.4 Å². The number of aryl methyl sites for hydroxylation is 1. The number of carbonyl (C=O) groups is 3. The molecule has 8 heteroatoms. The lowest BCUT2D eigenvalue weighted by Crippen LogP contribution is -2.48. The maximum Gasteiger partial charge on any atom is 0.247 e. The molecular weight excluding hydrogens is 520 g/mol. The molecule has 7 atom stereocenters. The largest absolute Gasteiger partial charge is 0.324 e. The van der Waals surface area contributed by atoms with Crippen LogP contribution in [0.3, 0.4) is 0 Å². The number of likely N-dealkylation sites (tertiary alicyclic amines) is 1. The highest BCUT2D eigenvalue weighted by atomic mass is 79.9. The van der Waals surface area contributed by atoms with Crippen LogP contribution in [0.15, 0.2) is 24.3 Å². The molecule has 2 saturated carbocycles. The van der Waals surface area contributed by atoms with E-state index in [1.54, 1.807) is 11.8 Å². The molecule has 29 heavy (non-hydrogen) atoms. The van der Waals surface area contributed by atoms with Crippen LogP contribution in [-0.4, -0.2) is 50.3 Å². The molecule has 1 aromatic carbocycles. The minimum atomic E-state index is -0.768. The Morgan fingerprint density at radius 2 is 1.83 bits per heavy atom. The van der Waals surface area contributed by atoms with Crippen LogP contribution in [0.4, 0.5) is 5.69 Å². The van der Waals surface area contributed by atoms with Gasteiger partial charge in [0.05, 0.1) is 11.8 Å². The lowest BCUT2D eigenvalue weighted by atomic mass is 9.81. The third-order valence-electron chi connectivity index (χ3n) is 6.52. The number of hydrogen-bond donors (Lipinski definition) is 1. The van der Waals surface area contributed by atoms with E-state index in [4.69, 9.17) is 0 Å². The fraction of sp³-hybridized carbons (Fsp3) is 0.571. The highest BCUT2D eigenvalue weighted by Gasteiger charge is 2.67. The van der Waals surface area contributed by atoms with Gasteiger partial charge in [0.15, 0.2) is 0 Å². The van der Waals surface area contributed by atoms with Crippen LogP contribution in [0.1, 0.15) is 18.4 Å². The molecule has 1 N–H and O–H groups in total. The molecule has 3 aliphatic rings. The molecule has 4 rings (SSSR count).